The zero-order chi connectivity index (χ0) is 14.0. The topological polar surface area (TPSA) is 22.0 Å². The molecule has 0 amide bonds. The van der Waals surface area contributed by atoms with Gasteiger partial charge < -0.3 is 4.57 Å². The number of alkyl halides is 1. The second kappa shape index (κ2) is 5.93. The Labute approximate surface area is 123 Å². The summed E-state index contributed by atoms with van der Waals surface area (Å²) >= 11 is 7.43. The lowest BCUT2D eigenvalue weighted by molar-refractivity contribution is 0.102. The van der Waals surface area contributed by atoms with Crippen LogP contribution in [0.2, 0.25) is 0 Å². The SMILES string of the molecule is Cc1cc(C(=O)CCl)c(C)n1C(C)Cc1cccs1. The zero-order valence-electron chi connectivity index (χ0n) is 11.4. The summed E-state index contributed by atoms with van der Waals surface area (Å²) in [6.45, 7) is 6.23. The lowest BCUT2D eigenvalue weighted by Gasteiger charge is -2.18. The number of rotatable bonds is 5. The number of Topliss-reactive ketones (excluding diaryl/α,β-unsaturated/α-hetero) is 1. The van der Waals surface area contributed by atoms with Crippen molar-refractivity contribution in [1.82, 2.24) is 4.57 Å². The number of hydrogen-bond acceptors (Lipinski definition) is 2. The van der Waals surface area contributed by atoms with E-state index in [-0.39, 0.29) is 11.7 Å². The molecule has 4 heteroatoms. The van der Waals surface area contributed by atoms with E-state index in [1.54, 1.807) is 11.3 Å². The van der Waals surface area contributed by atoms with Crippen LogP contribution in [0.25, 0.3) is 0 Å². The average molecular weight is 296 g/mol. The highest BCUT2D eigenvalue weighted by molar-refractivity contribution is 7.09. The molecule has 0 saturated heterocycles. The molecule has 0 fully saturated rings. The quantitative estimate of drug-likeness (QED) is 0.592. The first-order valence-electron chi connectivity index (χ1n) is 6.34. The normalized spacial score (nSPS) is 12.6. The summed E-state index contributed by atoms with van der Waals surface area (Å²) in [5.74, 6) is 0.0493. The van der Waals surface area contributed by atoms with E-state index in [2.05, 4.69) is 29.0 Å². The van der Waals surface area contributed by atoms with Gasteiger partial charge in [-0.05, 0) is 38.3 Å². The number of hydrogen-bond donors (Lipinski definition) is 0. The van der Waals surface area contributed by atoms with E-state index in [1.807, 2.05) is 19.9 Å². The van der Waals surface area contributed by atoms with E-state index >= 15 is 0 Å². The van der Waals surface area contributed by atoms with Gasteiger partial charge in [-0.15, -0.1) is 22.9 Å². The Morgan fingerprint density at radius 2 is 2.21 bits per heavy atom. The van der Waals surface area contributed by atoms with E-state index < -0.39 is 0 Å². The second-order valence-corrected chi connectivity index (χ2v) is 6.14. The van der Waals surface area contributed by atoms with Crippen molar-refractivity contribution in [2.45, 2.75) is 33.2 Å². The number of carbonyl (C=O) groups is 1. The standard InChI is InChI=1S/C15H18ClNOS/c1-10(7-13-5-4-6-19-13)17-11(2)8-14(12(17)3)15(18)9-16/h4-6,8,10H,7,9H2,1-3H3. The molecule has 1 atom stereocenters. The van der Waals surface area contributed by atoms with Crippen molar-refractivity contribution >= 4 is 28.7 Å². The number of thiophene rings is 1. The molecular weight excluding hydrogens is 278 g/mol. The van der Waals surface area contributed by atoms with Crippen molar-refractivity contribution in [3.8, 4) is 0 Å². The molecule has 0 saturated carbocycles. The minimum Gasteiger partial charge on any atom is -0.345 e. The van der Waals surface area contributed by atoms with Gasteiger partial charge in [0.15, 0.2) is 5.78 Å². The van der Waals surface area contributed by atoms with Crippen LogP contribution < -0.4 is 0 Å². The molecule has 2 aromatic rings. The van der Waals surface area contributed by atoms with Gasteiger partial charge in [0.2, 0.25) is 0 Å². The minimum atomic E-state index is 0.00402. The first-order chi connectivity index (χ1) is 9.04. The van der Waals surface area contributed by atoms with Crippen molar-refractivity contribution in [3.05, 3.63) is 45.4 Å². The van der Waals surface area contributed by atoms with Crippen LogP contribution in [-0.4, -0.2) is 16.2 Å². The van der Waals surface area contributed by atoms with Crippen LogP contribution in [0.1, 0.15) is 39.6 Å². The van der Waals surface area contributed by atoms with E-state index in [4.69, 9.17) is 11.6 Å². The Kier molecular flexibility index (Phi) is 4.48. The fraction of sp³-hybridized carbons (Fsp3) is 0.400. The van der Waals surface area contributed by atoms with Gasteiger partial charge in [0, 0.05) is 34.3 Å². The van der Waals surface area contributed by atoms with Crippen LogP contribution in [0.3, 0.4) is 0 Å². The molecule has 0 aliphatic carbocycles. The van der Waals surface area contributed by atoms with Crippen LogP contribution in [0.15, 0.2) is 23.6 Å². The molecule has 0 bridgehead atoms. The zero-order valence-corrected chi connectivity index (χ0v) is 13.0. The molecule has 2 rings (SSSR count). The van der Waals surface area contributed by atoms with E-state index in [9.17, 15) is 4.79 Å². The van der Waals surface area contributed by atoms with E-state index in [0.29, 0.717) is 6.04 Å². The van der Waals surface area contributed by atoms with Crippen molar-refractivity contribution < 1.29 is 4.79 Å². The van der Waals surface area contributed by atoms with E-state index in [0.717, 1.165) is 23.4 Å². The summed E-state index contributed by atoms with van der Waals surface area (Å²) in [6.07, 6.45) is 0.989. The lowest BCUT2D eigenvalue weighted by Crippen LogP contribution is -2.12. The van der Waals surface area contributed by atoms with Crippen molar-refractivity contribution in [2.75, 3.05) is 5.88 Å². The van der Waals surface area contributed by atoms with Crippen molar-refractivity contribution in [1.29, 1.82) is 0 Å². The Balaban J connectivity index is 2.29. The van der Waals surface area contributed by atoms with Crippen LogP contribution in [0, 0.1) is 13.8 Å². The average Bonchev–Trinajstić information content (AvgIpc) is 2.96. The Morgan fingerprint density at radius 3 is 2.79 bits per heavy atom. The first kappa shape index (κ1) is 14.4. The molecular formula is C15H18ClNOS. The number of aryl methyl sites for hydroxylation is 1. The molecule has 0 aromatic carbocycles. The van der Waals surface area contributed by atoms with Gasteiger partial charge in [-0.25, -0.2) is 0 Å². The molecule has 102 valence electrons. The summed E-state index contributed by atoms with van der Waals surface area (Å²) < 4.78 is 2.24. The molecule has 0 radical (unpaired) electrons. The van der Waals surface area contributed by atoms with Gasteiger partial charge >= 0.3 is 0 Å². The predicted octanol–water partition coefficient (Wildman–Crippen LogP) is 4.39. The Hall–Kier alpha value is -1.06. The molecule has 0 spiro atoms. The number of ketones is 1. The first-order valence-corrected chi connectivity index (χ1v) is 7.76. The van der Waals surface area contributed by atoms with Gasteiger partial charge in [0.25, 0.3) is 0 Å². The summed E-state index contributed by atoms with van der Waals surface area (Å²) in [4.78, 5) is 13.2. The van der Waals surface area contributed by atoms with Crippen molar-refractivity contribution in [3.63, 3.8) is 0 Å². The van der Waals surface area contributed by atoms with Crippen LogP contribution in [0.5, 0.6) is 0 Å². The highest BCUT2D eigenvalue weighted by Gasteiger charge is 2.18. The molecule has 0 N–H and O–H groups in total. The lowest BCUT2D eigenvalue weighted by atomic mass is 10.1. The number of halogens is 1. The summed E-state index contributed by atoms with van der Waals surface area (Å²) in [6, 6.07) is 6.52. The molecule has 1 unspecified atom stereocenters. The highest BCUT2D eigenvalue weighted by Crippen LogP contribution is 2.25. The van der Waals surface area contributed by atoms with Crippen LogP contribution in [0.4, 0.5) is 0 Å². The van der Waals surface area contributed by atoms with Gasteiger partial charge in [-0.2, -0.15) is 0 Å². The Bertz CT molecular complexity index is 571. The smallest absolute Gasteiger partial charge is 0.179 e. The third kappa shape index (κ3) is 2.93. The van der Waals surface area contributed by atoms with Crippen molar-refractivity contribution in [2.24, 2.45) is 0 Å². The highest BCUT2D eigenvalue weighted by atomic mass is 35.5. The molecule has 0 aliphatic heterocycles. The molecule has 0 aliphatic rings. The van der Waals surface area contributed by atoms with Gasteiger partial charge in [-0.3, -0.25) is 4.79 Å². The molecule has 2 nitrogen and oxygen atoms in total. The maximum atomic E-state index is 11.8. The summed E-state index contributed by atoms with van der Waals surface area (Å²) in [7, 11) is 0. The fourth-order valence-electron chi connectivity index (χ4n) is 2.62. The summed E-state index contributed by atoms with van der Waals surface area (Å²) in [5, 5.41) is 2.10. The Morgan fingerprint density at radius 1 is 1.47 bits per heavy atom. The number of nitrogens with zero attached hydrogens (tertiary/aromatic N) is 1. The molecule has 19 heavy (non-hydrogen) atoms. The fourth-order valence-corrected chi connectivity index (χ4v) is 3.59. The maximum absolute atomic E-state index is 11.8. The summed E-state index contributed by atoms with van der Waals surface area (Å²) in [5.41, 5.74) is 2.90. The van der Waals surface area contributed by atoms with Gasteiger partial charge in [-0.1, -0.05) is 6.07 Å². The van der Waals surface area contributed by atoms with Crippen LogP contribution in [-0.2, 0) is 6.42 Å². The second-order valence-electron chi connectivity index (χ2n) is 4.84. The minimum absolute atomic E-state index is 0.00402. The number of carbonyl (C=O) groups excluding carboxylic acids is 1. The third-order valence-electron chi connectivity index (χ3n) is 3.42. The monoisotopic (exact) mass is 295 g/mol. The molecule has 2 aromatic heterocycles. The maximum Gasteiger partial charge on any atom is 0.179 e. The van der Waals surface area contributed by atoms with Gasteiger partial charge in [0.1, 0.15) is 0 Å². The van der Waals surface area contributed by atoms with Gasteiger partial charge in [0.05, 0.1) is 5.88 Å². The largest absolute Gasteiger partial charge is 0.345 e. The van der Waals surface area contributed by atoms with Crippen LogP contribution >= 0.6 is 22.9 Å². The predicted molar refractivity (Wildman–Crippen MR) is 81.7 cm³/mol. The third-order valence-corrected chi connectivity index (χ3v) is 4.57. The number of aromatic nitrogens is 1. The van der Waals surface area contributed by atoms with E-state index in [1.165, 1.54) is 4.88 Å². The molecule has 2 heterocycles.